The van der Waals surface area contributed by atoms with Crippen LogP contribution in [0.1, 0.15) is 23.0 Å². The first-order valence-corrected chi connectivity index (χ1v) is 12.1. The van der Waals surface area contributed by atoms with Gasteiger partial charge in [-0.15, -0.1) is 10.2 Å². The number of nitrogens with one attached hydrogen (secondary N) is 1. The summed E-state index contributed by atoms with van der Waals surface area (Å²) in [5.74, 6) is -2.98. The molecule has 0 spiro atoms. The van der Waals surface area contributed by atoms with Gasteiger partial charge in [-0.05, 0) is 36.2 Å². The Bertz CT molecular complexity index is 1660. The van der Waals surface area contributed by atoms with E-state index >= 15 is 8.78 Å². The third-order valence-corrected chi connectivity index (χ3v) is 6.96. The molecule has 1 atom stereocenters. The summed E-state index contributed by atoms with van der Waals surface area (Å²) in [6, 6.07) is 8.43. The van der Waals surface area contributed by atoms with Gasteiger partial charge in [0.1, 0.15) is 18.8 Å². The Kier molecular flexibility index (Phi) is 5.71. The van der Waals surface area contributed by atoms with E-state index in [1.54, 1.807) is 24.0 Å². The predicted octanol–water partition coefficient (Wildman–Crippen LogP) is 5.31. The number of aromatic nitrogens is 8. The zero-order valence-electron chi connectivity index (χ0n) is 20.3. The molecule has 1 aliphatic heterocycles. The van der Waals surface area contributed by atoms with E-state index in [0.29, 0.717) is 17.5 Å². The molecule has 5 heterocycles. The summed E-state index contributed by atoms with van der Waals surface area (Å²) in [4.78, 5) is 8.58. The van der Waals surface area contributed by atoms with E-state index in [-0.39, 0.29) is 17.4 Å². The molecule has 4 aromatic heterocycles. The lowest BCUT2D eigenvalue weighted by molar-refractivity contribution is 0.0259. The van der Waals surface area contributed by atoms with Crippen molar-refractivity contribution in [3.63, 3.8) is 0 Å². The second-order valence-electron chi connectivity index (χ2n) is 9.06. The number of anilines is 2. The number of hydrogen-bond acceptors (Lipinski definition) is 6. The van der Waals surface area contributed by atoms with E-state index in [1.807, 2.05) is 29.8 Å². The van der Waals surface area contributed by atoms with E-state index in [1.165, 1.54) is 29.1 Å². The lowest BCUT2D eigenvalue weighted by Crippen LogP contribution is -2.30. The van der Waals surface area contributed by atoms with Crippen LogP contribution in [0.4, 0.5) is 24.9 Å². The fourth-order valence-electron chi connectivity index (χ4n) is 4.71. The van der Waals surface area contributed by atoms with Crippen molar-refractivity contribution in [3.8, 4) is 22.6 Å². The van der Waals surface area contributed by atoms with Crippen molar-refractivity contribution in [3.05, 3.63) is 77.1 Å². The molecule has 13 heteroatoms. The number of fused-ring (bicyclic) bond motifs is 3. The topological polar surface area (TPSA) is 91.3 Å². The Balaban J connectivity index is 1.42. The molecule has 1 aromatic carbocycles. The molecule has 0 saturated carbocycles. The van der Waals surface area contributed by atoms with Gasteiger partial charge in [-0.3, -0.25) is 4.57 Å². The molecule has 38 heavy (non-hydrogen) atoms. The zero-order valence-corrected chi connectivity index (χ0v) is 21.0. The predicted molar refractivity (Wildman–Crippen MR) is 135 cm³/mol. The number of aryl methyl sites for hydroxylation is 2. The van der Waals surface area contributed by atoms with Crippen LogP contribution in [-0.4, -0.2) is 45.8 Å². The highest BCUT2D eigenvalue weighted by atomic mass is 35.5. The number of rotatable bonds is 6. The Morgan fingerprint density at radius 1 is 1.16 bits per heavy atom. The highest BCUT2D eigenvalue weighted by molar-refractivity contribution is 6.31. The molecule has 0 aliphatic carbocycles. The minimum Gasteiger partial charge on any atom is -0.342 e. The minimum atomic E-state index is -3.57. The fraction of sp³-hybridized carbons (Fsp3) is 0.240. The van der Waals surface area contributed by atoms with E-state index in [2.05, 4.69) is 30.6 Å². The van der Waals surface area contributed by atoms with Crippen LogP contribution in [0.2, 0.25) is 5.02 Å². The minimum absolute atomic E-state index is 0.105. The van der Waals surface area contributed by atoms with Crippen molar-refractivity contribution >= 4 is 23.4 Å². The largest absolute Gasteiger partial charge is 0.342 e. The molecule has 0 bridgehead atoms. The summed E-state index contributed by atoms with van der Waals surface area (Å²) in [5, 5.41) is 15.0. The van der Waals surface area contributed by atoms with Crippen molar-refractivity contribution < 1.29 is 13.2 Å². The maximum atomic E-state index is 15.6. The molecular formula is C25H21ClF3N9. The van der Waals surface area contributed by atoms with E-state index in [4.69, 9.17) is 11.6 Å². The molecule has 0 fully saturated rings. The van der Waals surface area contributed by atoms with Crippen LogP contribution in [0, 0.1) is 6.92 Å². The molecule has 0 saturated heterocycles. The lowest BCUT2D eigenvalue weighted by Gasteiger charge is -2.28. The molecule has 0 amide bonds. The van der Waals surface area contributed by atoms with Crippen LogP contribution >= 0.6 is 11.6 Å². The van der Waals surface area contributed by atoms with Crippen molar-refractivity contribution in [2.75, 3.05) is 12.0 Å². The molecule has 194 valence electrons. The Labute approximate surface area is 219 Å². The monoisotopic (exact) mass is 539 g/mol. The van der Waals surface area contributed by atoms with Gasteiger partial charge in [0.25, 0.3) is 0 Å². The number of nitrogens with zero attached hydrogens (tertiary/aromatic N) is 8. The lowest BCUT2D eigenvalue weighted by atomic mass is 10.0. The van der Waals surface area contributed by atoms with Gasteiger partial charge in [0.15, 0.2) is 5.82 Å². The molecule has 9 nitrogen and oxygen atoms in total. The average Bonchev–Trinajstić information content (AvgIpc) is 3.63. The van der Waals surface area contributed by atoms with Crippen molar-refractivity contribution in [2.24, 2.45) is 7.05 Å². The highest BCUT2D eigenvalue weighted by Gasteiger charge is 2.44. The van der Waals surface area contributed by atoms with Gasteiger partial charge in [-0.2, -0.15) is 18.9 Å². The van der Waals surface area contributed by atoms with Crippen molar-refractivity contribution in [1.29, 1.82) is 0 Å². The van der Waals surface area contributed by atoms with Crippen LogP contribution in [0.5, 0.6) is 0 Å². The van der Waals surface area contributed by atoms with Crippen LogP contribution < -0.4 is 5.32 Å². The second kappa shape index (κ2) is 8.98. The van der Waals surface area contributed by atoms with Crippen LogP contribution in [0.15, 0.2) is 55.1 Å². The van der Waals surface area contributed by atoms with E-state index in [9.17, 15) is 4.39 Å². The van der Waals surface area contributed by atoms with Crippen LogP contribution in [0.25, 0.3) is 22.6 Å². The highest BCUT2D eigenvalue weighted by Crippen LogP contribution is 2.43. The maximum Gasteiger partial charge on any atom is 0.333 e. The number of pyridine rings is 1. The van der Waals surface area contributed by atoms with Gasteiger partial charge in [-0.1, -0.05) is 29.8 Å². The van der Waals surface area contributed by atoms with Gasteiger partial charge in [-0.25, -0.2) is 14.1 Å². The Morgan fingerprint density at radius 3 is 2.71 bits per heavy atom. The first kappa shape index (κ1) is 24.2. The van der Waals surface area contributed by atoms with Gasteiger partial charge in [0.05, 0.1) is 16.8 Å². The van der Waals surface area contributed by atoms with Crippen LogP contribution in [0.3, 0.4) is 0 Å². The first-order chi connectivity index (χ1) is 18.3. The van der Waals surface area contributed by atoms with Gasteiger partial charge in [0, 0.05) is 37.1 Å². The summed E-state index contributed by atoms with van der Waals surface area (Å²) in [5.41, 5.74) is 2.69. The summed E-state index contributed by atoms with van der Waals surface area (Å²) in [6.45, 7) is 1.18. The Morgan fingerprint density at radius 2 is 1.97 bits per heavy atom. The summed E-state index contributed by atoms with van der Waals surface area (Å²) in [6.07, 6.45) is 5.01. The molecule has 0 radical (unpaired) electrons. The third kappa shape index (κ3) is 3.83. The quantitative estimate of drug-likeness (QED) is 0.314. The maximum absolute atomic E-state index is 15.6. The van der Waals surface area contributed by atoms with Crippen molar-refractivity contribution in [1.82, 2.24) is 39.1 Å². The van der Waals surface area contributed by atoms with Gasteiger partial charge < -0.3 is 9.88 Å². The SMILES string of the molecule is Cc1cnc(Nc2ncnn2C)cc1-c1cc2n(c1)C[C@H](CF)n1c-2nnc1C(F)(F)c1ccccc1Cl. The van der Waals surface area contributed by atoms with E-state index in [0.717, 1.165) is 16.7 Å². The summed E-state index contributed by atoms with van der Waals surface area (Å²) < 4.78 is 50.1. The Hall–Kier alpha value is -4.19. The number of benzene rings is 1. The normalized spacial score (nSPS) is 14.8. The standard InChI is InChI=1S/C25H21ClF3N9/c1-14-10-30-21(33-24-31-13-32-36(24)2)8-17(14)15-7-20-22-34-35-23(38(22)16(9-27)12-37(20)11-15)25(28,29)18-5-3-4-6-19(18)26/h3-8,10-11,13,16H,9,12H2,1-2H3,(H,30,31,32,33)/t16-/m0/s1. The fourth-order valence-corrected chi connectivity index (χ4v) is 4.97. The average molecular weight is 540 g/mol. The number of halogens is 4. The number of alkyl halides is 3. The van der Waals surface area contributed by atoms with Crippen LogP contribution in [-0.2, 0) is 19.5 Å². The van der Waals surface area contributed by atoms with E-state index < -0.39 is 30.0 Å². The molecular weight excluding hydrogens is 519 g/mol. The molecule has 0 unspecified atom stereocenters. The zero-order chi connectivity index (χ0) is 26.6. The second-order valence-corrected chi connectivity index (χ2v) is 9.47. The van der Waals surface area contributed by atoms with Crippen molar-refractivity contribution in [2.45, 2.75) is 25.4 Å². The van der Waals surface area contributed by atoms with Gasteiger partial charge >= 0.3 is 5.92 Å². The molecule has 1 aliphatic rings. The third-order valence-electron chi connectivity index (χ3n) is 6.63. The summed E-state index contributed by atoms with van der Waals surface area (Å²) in [7, 11) is 1.76. The molecule has 1 N–H and O–H groups in total. The molecule has 6 rings (SSSR count). The summed E-state index contributed by atoms with van der Waals surface area (Å²) >= 11 is 6.08. The smallest absolute Gasteiger partial charge is 0.333 e. The van der Waals surface area contributed by atoms with Gasteiger partial charge in [0.2, 0.25) is 11.8 Å². The molecule has 5 aromatic rings. The first-order valence-electron chi connectivity index (χ1n) is 11.7. The number of hydrogen-bond donors (Lipinski definition) is 1.